The van der Waals surface area contributed by atoms with Crippen LogP contribution in [-0.4, -0.2) is 29.6 Å². The second-order valence-electron chi connectivity index (χ2n) is 8.08. The molecule has 0 bridgehead atoms. The van der Waals surface area contributed by atoms with Gasteiger partial charge in [0.25, 0.3) is 0 Å². The van der Waals surface area contributed by atoms with E-state index in [0.29, 0.717) is 4.88 Å². The van der Waals surface area contributed by atoms with E-state index in [9.17, 15) is 4.79 Å². The van der Waals surface area contributed by atoms with Gasteiger partial charge in [-0.3, -0.25) is 0 Å². The molecule has 0 aliphatic heterocycles. The highest BCUT2D eigenvalue weighted by molar-refractivity contribution is 7.13. The van der Waals surface area contributed by atoms with Gasteiger partial charge in [0.1, 0.15) is 10.5 Å². The number of hydrogen-bond donors (Lipinski definition) is 2. The summed E-state index contributed by atoms with van der Waals surface area (Å²) < 4.78 is 5.42. The summed E-state index contributed by atoms with van der Waals surface area (Å²) in [6.45, 7) is 7.69. The summed E-state index contributed by atoms with van der Waals surface area (Å²) in [6, 6.07) is 12.4. The normalized spacial score (nSPS) is 11.8. The molecule has 3 aromatic rings. The minimum absolute atomic E-state index is 0.223. The molecule has 5 heteroatoms. The fraction of sp³-hybridized carbons (Fsp3) is 0.435. The fourth-order valence-electron chi connectivity index (χ4n) is 3.21. The minimum Gasteiger partial charge on any atom is -0.456 e. The molecule has 3 rings (SSSR count). The SMILES string of the molecule is CC(C)(C)OC(=O)c1ccc(CCCNCCCc2c[nH]c3ccccc23)s1. The van der Waals surface area contributed by atoms with Gasteiger partial charge in [0, 0.05) is 22.0 Å². The molecule has 150 valence electrons. The van der Waals surface area contributed by atoms with Gasteiger partial charge < -0.3 is 15.0 Å². The summed E-state index contributed by atoms with van der Waals surface area (Å²) >= 11 is 1.54. The first-order valence-corrected chi connectivity index (χ1v) is 10.8. The van der Waals surface area contributed by atoms with Crippen molar-refractivity contribution in [2.45, 2.75) is 52.1 Å². The number of rotatable bonds is 9. The van der Waals surface area contributed by atoms with Gasteiger partial charge >= 0.3 is 5.97 Å². The van der Waals surface area contributed by atoms with Gasteiger partial charge in [-0.05, 0) is 83.3 Å². The van der Waals surface area contributed by atoms with Crippen LogP contribution in [0.3, 0.4) is 0 Å². The van der Waals surface area contributed by atoms with Crippen LogP contribution in [0.25, 0.3) is 10.9 Å². The van der Waals surface area contributed by atoms with Crippen LogP contribution in [0.4, 0.5) is 0 Å². The predicted molar refractivity (Wildman–Crippen MR) is 117 cm³/mol. The van der Waals surface area contributed by atoms with E-state index in [0.717, 1.165) is 38.8 Å². The van der Waals surface area contributed by atoms with Crippen molar-refractivity contribution in [3.8, 4) is 0 Å². The molecule has 2 heterocycles. The van der Waals surface area contributed by atoms with Crippen LogP contribution >= 0.6 is 11.3 Å². The van der Waals surface area contributed by atoms with E-state index in [1.54, 1.807) is 11.3 Å². The Bertz CT molecular complexity index is 905. The van der Waals surface area contributed by atoms with Crippen molar-refractivity contribution in [2.75, 3.05) is 13.1 Å². The van der Waals surface area contributed by atoms with Gasteiger partial charge in [0.2, 0.25) is 0 Å². The summed E-state index contributed by atoms with van der Waals surface area (Å²) in [5, 5.41) is 4.86. The van der Waals surface area contributed by atoms with Crippen LogP contribution in [0, 0.1) is 0 Å². The Morgan fingerprint density at radius 3 is 2.61 bits per heavy atom. The molecule has 0 aliphatic rings. The molecule has 0 aliphatic carbocycles. The van der Waals surface area contributed by atoms with Crippen molar-refractivity contribution in [1.29, 1.82) is 0 Å². The first-order chi connectivity index (χ1) is 13.4. The molecule has 0 fully saturated rings. The van der Waals surface area contributed by atoms with E-state index in [4.69, 9.17) is 4.74 Å². The molecule has 0 radical (unpaired) electrons. The lowest BCUT2D eigenvalue weighted by Gasteiger charge is -2.18. The van der Waals surface area contributed by atoms with Crippen LogP contribution < -0.4 is 5.32 Å². The van der Waals surface area contributed by atoms with Gasteiger partial charge in [0.15, 0.2) is 0 Å². The van der Waals surface area contributed by atoms with E-state index in [2.05, 4.69) is 40.8 Å². The van der Waals surface area contributed by atoms with Crippen LogP contribution in [-0.2, 0) is 17.6 Å². The molecule has 0 spiro atoms. The van der Waals surface area contributed by atoms with E-state index >= 15 is 0 Å². The molecule has 4 nitrogen and oxygen atoms in total. The number of benzene rings is 1. The number of carbonyl (C=O) groups excluding carboxylic acids is 1. The van der Waals surface area contributed by atoms with Crippen LogP contribution in [0.5, 0.6) is 0 Å². The van der Waals surface area contributed by atoms with E-state index in [1.807, 2.05) is 32.9 Å². The second kappa shape index (κ2) is 9.39. The summed E-state index contributed by atoms with van der Waals surface area (Å²) in [5.74, 6) is -0.223. The Hall–Kier alpha value is -2.11. The molecular formula is C23H30N2O2S. The number of H-pyrrole nitrogens is 1. The molecule has 28 heavy (non-hydrogen) atoms. The van der Waals surface area contributed by atoms with Crippen LogP contribution in [0.15, 0.2) is 42.6 Å². The van der Waals surface area contributed by atoms with Crippen molar-refractivity contribution < 1.29 is 9.53 Å². The highest BCUT2D eigenvalue weighted by Crippen LogP contribution is 2.21. The van der Waals surface area contributed by atoms with Gasteiger partial charge in [-0.15, -0.1) is 11.3 Å². The van der Waals surface area contributed by atoms with Crippen molar-refractivity contribution in [1.82, 2.24) is 10.3 Å². The maximum atomic E-state index is 12.1. The van der Waals surface area contributed by atoms with Gasteiger partial charge in [-0.1, -0.05) is 18.2 Å². The number of para-hydroxylation sites is 1. The number of aryl methyl sites for hydroxylation is 2. The molecule has 2 N–H and O–H groups in total. The van der Waals surface area contributed by atoms with E-state index in [-0.39, 0.29) is 5.97 Å². The lowest BCUT2D eigenvalue weighted by Crippen LogP contribution is -2.23. The Balaban J connectivity index is 1.32. The minimum atomic E-state index is -0.447. The number of fused-ring (bicyclic) bond motifs is 1. The lowest BCUT2D eigenvalue weighted by atomic mass is 10.1. The zero-order valence-electron chi connectivity index (χ0n) is 17.0. The third-order valence-corrected chi connectivity index (χ3v) is 5.64. The maximum absolute atomic E-state index is 12.1. The molecular weight excluding hydrogens is 368 g/mol. The summed E-state index contributed by atoms with van der Waals surface area (Å²) in [5.41, 5.74) is 2.16. The third kappa shape index (κ3) is 5.94. The first kappa shape index (κ1) is 20.6. The highest BCUT2D eigenvalue weighted by atomic mass is 32.1. The monoisotopic (exact) mass is 398 g/mol. The largest absolute Gasteiger partial charge is 0.456 e. The highest BCUT2D eigenvalue weighted by Gasteiger charge is 2.19. The van der Waals surface area contributed by atoms with Gasteiger partial charge in [-0.2, -0.15) is 0 Å². The maximum Gasteiger partial charge on any atom is 0.348 e. The predicted octanol–water partition coefficient (Wildman–Crippen LogP) is 5.34. The Morgan fingerprint density at radius 2 is 1.82 bits per heavy atom. The van der Waals surface area contributed by atoms with Crippen molar-refractivity contribution >= 4 is 28.2 Å². The molecule has 2 aromatic heterocycles. The molecule has 0 saturated heterocycles. The second-order valence-corrected chi connectivity index (χ2v) is 9.25. The number of thiophene rings is 1. The molecule has 0 atom stereocenters. The number of esters is 1. The topological polar surface area (TPSA) is 54.1 Å². The number of aromatic amines is 1. The number of hydrogen-bond acceptors (Lipinski definition) is 4. The van der Waals surface area contributed by atoms with Crippen molar-refractivity contribution in [3.05, 3.63) is 57.9 Å². The fourth-order valence-corrected chi connectivity index (χ4v) is 4.13. The van der Waals surface area contributed by atoms with E-state index < -0.39 is 5.60 Å². The number of nitrogens with one attached hydrogen (secondary N) is 2. The Kier molecular flexibility index (Phi) is 6.92. The van der Waals surface area contributed by atoms with Gasteiger partial charge in [0.05, 0.1) is 0 Å². The average molecular weight is 399 g/mol. The third-order valence-electron chi connectivity index (χ3n) is 4.51. The van der Waals surface area contributed by atoms with Crippen LogP contribution in [0.1, 0.15) is 53.7 Å². The zero-order chi connectivity index (χ0) is 20.0. The quantitative estimate of drug-likeness (QED) is 0.378. The number of carbonyl (C=O) groups is 1. The molecule has 0 unspecified atom stereocenters. The summed E-state index contributed by atoms with van der Waals surface area (Å²) in [6.07, 6.45) is 6.40. The molecule has 1 aromatic carbocycles. The first-order valence-electron chi connectivity index (χ1n) is 10.0. The number of aromatic nitrogens is 1. The molecule has 0 amide bonds. The Labute approximate surface area is 171 Å². The lowest BCUT2D eigenvalue weighted by molar-refractivity contribution is 0.00752. The number of ether oxygens (including phenoxy) is 1. The zero-order valence-corrected chi connectivity index (χ0v) is 17.8. The van der Waals surface area contributed by atoms with E-state index in [1.165, 1.54) is 21.3 Å². The summed E-state index contributed by atoms with van der Waals surface area (Å²) in [7, 11) is 0. The van der Waals surface area contributed by atoms with Crippen molar-refractivity contribution in [2.24, 2.45) is 0 Å². The van der Waals surface area contributed by atoms with Crippen molar-refractivity contribution in [3.63, 3.8) is 0 Å². The van der Waals surface area contributed by atoms with Crippen LogP contribution in [0.2, 0.25) is 0 Å². The molecule has 0 saturated carbocycles. The smallest absolute Gasteiger partial charge is 0.348 e. The Morgan fingerprint density at radius 1 is 1.07 bits per heavy atom. The van der Waals surface area contributed by atoms with Gasteiger partial charge in [-0.25, -0.2) is 4.79 Å². The average Bonchev–Trinajstić information content (AvgIpc) is 3.27. The standard InChI is InChI=1S/C23H30N2O2S/c1-23(2,3)27-22(26)21-13-12-18(28-21)9-7-15-24-14-6-8-17-16-25-20-11-5-4-10-19(17)20/h4-5,10-13,16,24-25H,6-9,14-15H2,1-3H3. The summed E-state index contributed by atoms with van der Waals surface area (Å²) in [4.78, 5) is 17.3.